The van der Waals surface area contributed by atoms with Crippen LogP contribution in [0.15, 0.2) is 18.2 Å². The highest BCUT2D eigenvalue weighted by molar-refractivity contribution is 5.92. The molecule has 1 saturated heterocycles. The van der Waals surface area contributed by atoms with E-state index in [0.29, 0.717) is 29.5 Å². The first-order chi connectivity index (χ1) is 20.7. The number of methoxy groups -OCH3 is 1. The molecule has 1 aromatic heterocycles. The van der Waals surface area contributed by atoms with Gasteiger partial charge in [-0.15, -0.1) is 0 Å². The quantitative estimate of drug-likeness (QED) is 0.529. The lowest BCUT2D eigenvalue weighted by atomic mass is 9.79. The van der Waals surface area contributed by atoms with Crippen molar-refractivity contribution in [2.45, 2.75) is 109 Å². The second-order valence-electron chi connectivity index (χ2n) is 13.4. The van der Waals surface area contributed by atoms with Gasteiger partial charge in [0.05, 0.1) is 30.7 Å². The maximum Gasteiger partial charge on any atom is 0.408 e. The molecule has 2 aromatic rings. The smallest absolute Gasteiger partial charge is 0.408 e. The second-order valence-corrected chi connectivity index (χ2v) is 13.4. The van der Waals surface area contributed by atoms with Gasteiger partial charge in [-0.3, -0.25) is 9.59 Å². The molecule has 6 atom stereocenters. The topological polar surface area (TPSA) is 120 Å². The molecule has 10 heteroatoms. The summed E-state index contributed by atoms with van der Waals surface area (Å²) < 4.78 is 17.8. The van der Waals surface area contributed by atoms with E-state index in [2.05, 4.69) is 12.2 Å². The third-order valence-electron chi connectivity index (χ3n) is 10.2. The normalized spacial score (nSPS) is 31.1. The van der Waals surface area contributed by atoms with Gasteiger partial charge >= 0.3 is 6.09 Å². The molecule has 2 bridgehead atoms. The fourth-order valence-electron chi connectivity index (χ4n) is 7.51. The van der Waals surface area contributed by atoms with Crippen LogP contribution in [-0.4, -0.2) is 70.6 Å². The Morgan fingerprint density at radius 1 is 1.05 bits per heavy atom. The van der Waals surface area contributed by atoms with Gasteiger partial charge in [-0.2, -0.15) is 0 Å². The summed E-state index contributed by atoms with van der Waals surface area (Å²) in [5.41, 5.74) is 1.80. The lowest BCUT2D eigenvalue weighted by Crippen LogP contribution is -2.58. The third kappa shape index (κ3) is 6.02. The van der Waals surface area contributed by atoms with Crippen molar-refractivity contribution in [2.24, 2.45) is 17.3 Å². The average Bonchev–Trinajstić information content (AvgIpc) is 3.39. The van der Waals surface area contributed by atoms with E-state index in [1.807, 2.05) is 25.1 Å². The highest BCUT2D eigenvalue weighted by atomic mass is 16.6. The number of hydrogen-bond acceptors (Lipinski definition) is 8. The first kappa shape index (κ1) is 29.6. The molecule has 4 aliphatic rings. The molecule has 2 saturated carbocycles. The SMILES string of the molecule is COc1ccc2nc3c(nc2c1)O[C@H]1CN(C(=O)[C@H](C2(C)CCCC2)NC(=O)O[C@@H]2C[C@H]2CCCCC3)[C@H](C(C)=O)[C@@H]1C. The number of ketones is 1. The Hall–Kier alpha value is -3.43. The minimum atomic E-state index is -0.783. The number of aromatic nitrogens is 2. The van der Waals surface area contributed by atoms with Gasteiger partial charge in [0.2, 0.25) is 11.8 Å². The summed E-state index contributed by atoms with van der Waals surface area (Å²) in [7, 11) is 1.62. The minimum absolute atomic E-state index is 0.101. The number of aryl methyl sites for hydroxylation is 1. The number of Topliss-reactive ketones (excluding diaryl/α,β-unsaturated/α-hetero) is 1. The molecule has 1 N–H and O–H groups in total. The van der Waals surface area contributed by atoms with Crippen LogP contribution in [-0.2, 0) is 20.7 Å². The van der Waals surface area contributed by atoms with Crippen molar-refractivity contribution in [3.8, 4) is 11.6 Å². The lowest BCUT2D eigenvalue weighted by molar-refractivity contribution is -0.142. The number of amides is 2. The standard InChI is InChI=1S/C33H44N4O6/c1-19-27-18-37(28(19)20(2)38)31(39)29(33(3)14-8-9-15-33)36-32(40)43-26-16-21(26)10-6-5-7-11-24-30(42-27)35-25-17-22(41-4)12-13-23(25)34-24/h12-13,17,19,21,26-29H,5-11,14-16,18H2,1-4H3,(H,36,40)/t19-,21-,26-,27+,28+,29-/m1/s1. The molecule has 0 unspecified atom stereocenters. The lowest BCUT2D eigenvalue weighted by Gasteiger charge is -2.37. The Labute approximate surface area is 253 Å². The zero-order chi connectivity index (χ0) is 30.3. The summed E-state index contributed by atoms with van der Waals surface area (Å²) in [5.74, 6) is 0.848. The average molecular weight is 593 g/mol. The van der Waals surface area contributed by atoms with Crippen LogP contribution >= 0.6 is 0 Å². The summed E-state index contributed by atoms with van der Waals surface area (Å²) in [6.45, 7) is 5.75. The summed E-state index contributed by atoms with van der Waals surface area (Å²) in [5, 5.41) is 2.98. The molecule has 0 spiro atoms. The van der Waals surface area contributed by atoms with Crippen LogP contribution < -0.4 is 14.8 Å². The van der Waals surface area contributed by atoms with E-state index >= 15 is 0 Å². The molecular formula is C33H44N4O6. The van der Waals surface area contributed by atoms with Crippen LogP contribution in [0.5, 0.6) is 11.6 Å². The molecule has 10 nitrogen and oxygen atoms in total. The number of nitrogens with zero attached hydrogens (tertiary/aromatic N) is 3. The van der Waals surface area contributed by atoms with E-state index in [0.717, 1.165) is 69.0 Å². The monoisotopic (exact) mass is 592 g/mol. The number of ether oxygens (including phenoxy) is 3. The van der Waals surface area contributed by atoms with Gasteiger partial charge in [0.25, 0.3) is 0 Å². The van der Waals surface area contributed by atoms with E-state index in [1.54, 1.807) is 12.0 Å². The van der Waals surface area contributed by atoms with Gasteiger partial charge in [0, 0.05) is 12.0 Å². The van der Waals surface area contributed by atoms with Crippen molar-refractivity contribution >= 4 is 28.8 Å². The maximum atomic E-state index is 14.4. The van der Waals surface area contributed by atoms with E-state index in [4.69, 9.17) is 24.2 Å². The molecule has 43 heavy (non-hydrogen) atoms. The minimum Gasteiger partial charge on any atom is -0.497 e. The Balaban J connectivity index is 1.36. The number of carbonyl (C=O) groups excluding carboxylic acids is 3. The number of hydrogen-bond donors (Lipinski definition) is 1. The van der Waals surface area contributed by atoms with Gasteiger partial charge in [-0.05, 0) is 68.9 Å². The predicted octanol–water partition coefficient (Wildman–Crippen LogP) is 5.00. The van der Waals surface area contributed by atoms with E-state index in [9.17, 15) is 14.4 Å². The molecule has 0 radical (unpaired) electrons. The Kier molecular flexibility index (Phi) is 8.22. The molecule has 2 aliphatic carbocycles. The first-order valence-corrected chi connectivity index (χ1v) is 16.0. The molecule has 232 valence electrons. The van der Waals surface area contributed by atoms with Crippen molar-refractivity contribution in [2.75, 3.05) is 13.7 Å². The fourth-order valence-corrected chi connectivity index (χ4v) is 7.51. The molecule has 2 amide bonds. The van der Waals surface area contributed by atoms with Crippen molar-refractivity contribution < 1.29 is 28.6 Å². The molecule has 3 heterocycles. The Bertz CT molecular complexity index is 1390. The van der Waals surface area contributed by atoms with Gasteiger partial charge in [0.1, 0.15) is 29.7 Å². The maximum absolute atomic E-state index is 14.4. The first-order valence-electron chi connectivity index (χ1n) is 16.0. The molecule has 2 aliphatic heterocycles. The van der Waals surface area contributed by atoms with E-state index in [1.165, 1.54) is 6.92 Å². The predicted molar refractivity (Wildman–Crippen MR) is 160 cm³/mol. The van der Waals surface area contributed by atoms with Crippen molar-refractivity contribution in [1.82, 2.24) is 20.2 Å². The van der Waals surface area contributed by atoms with Crippen LogP contribution in [0, 0.1) is 17.3 Å². The largest absolute Gasteiger partial charge is 0.497 e. The summed E-state index contributed by atoms with van der Waals surface area (Å²) in [6, 6.07) is 4.17. The molecular weight excluding hydrogens is 548 g/mol. The highest BCUT2D eigenvalue weighted by Crippen LogP contribution is 2.43. The summed E-state index contributed by atoms with van der Waals surface area (Å²) >= 11 is 0. The zero-order valence-corrected chi connectivity index (χ0v) is 25.8. The zero-order valence-electron chi connectivity index (χ0n) is 25.8. The number of benzene rings is 1. The highest BCUT2D eigenvalue weighted by Gasteiger charge is 2.52. The number of fused-ring (bicyclic) bond motifs is 5. The van der Waals surface area contributed by atoms with Gasteiger partial charge in [-0.25, -0.2) is 14.8 Å². The number of rotatable bonds is 3. The van der Waals surface area contributed by atoms with Gasteiger partial charge in [-0.1, -0.05) is 39.5 Å². The summed E-state index contributed by atoms with van der Waals surface area (Å²) in [4.78, 5) is 52.0. The van der Waals surface area contributed by atoms with Crippen LogP contribution in [0.25, 0.3) is 11.0 Å². The third-order valence-corrected chi connectivity index (χ3v) is 10.2. The number of alkyl carbamates (subject to hydrolysis) is 1. The number of carbonyl (C=O) groups is 3. The second kappa shape index (κ2) is 11.9. The van der Waals surface area contributed by atoms with Crippen molar-refractivity contribution in [3.63, 3.8) is 0 Å². The van der Waals surface area contributed by atoms with Crippen LogP contribution in [0.4, 0.5) is 4.79 Å². The van der Waals surface area contributed by atoms with E-state index < -0.39 is 29.7 Å². The van der Waals surface area contributed by atoms with Crippen molar-refractivity contribution in [1.29, 1.82) is 0 Å². The van der Waals surface area contributed by atoms with Crippen molar-refractivity contribution in [3.05, 3.63) is 23.9 Å². The fraction of sp³-hybridized carbons (Fsp3) is 0.667. The molecule has 3 fully saturated rings. The Morgan fingerprint density at radius 2 is 1.84 bits per heavy atom. The molecule has 6 rings (SSSR count). The Morgan fingerprint density at radius 3 is 2.58 bits per heavy atom. The summed E-state index contributed by atoms with van der Waals surface area (Å²) in [6.07, 6.45) is 8.07. The van der Waals surface area contributed by atoms with E-state index in [-0.39, 0.29) is 30.3 Å². The van der Waals surface area contributed by atoms with Crippen LogP contribution in [0.3, 0.4) is 0 Å². The molecule has 1 aromatic carbocycles. The van der Waals surface area contributed by atoms with Crippen LogP contribution in [0.2, 0.25) is 0 Å². The van der Waals surface area contributed by atoms with Gasteiger partial charge in [0.15, 0.2) is 5.78 Å². The van der Waals surface area contributed by atoms with Gasteiger partial charge < -0.3 is 24.4 Å². The number of nitrogens with one attached hydrogen (secondary N) is 1. The van der Waals surface area contributed by atoms with Crippen LogP contribution in [0.1, 0.15) is 84.3 Å².